The molecule has 2 aromatic rings. The highest BCUT2D eigenvalue weighted by atomic mass is 14.4. The molecule has 2 unspecified atom stereocenters. The van der Waals surface area contributed by atoms with Crippen LogP contribution < -0.4 is 0 Å². The first-order valence-corrected chi connectivity index (χ1v) is 11.8. The van der Waals surface area contributed by atoms with Crippen molar-refractivity contribution in [2.45, 2.75) is 89.9 Å². The van der Waals surface area contributed by atoms with E-state index in [-0.39, 0.29) is 10.8 Å². The maximum Gasteiger partial charge on any atom is 0.00578 e. The molecular formula is C30H36. The number of benzene rings is 2. The highest BCUT2D eigenvalue weighted by molar-refractivity contribution is 5.70. The van der Waals surface area contributed by atoms with Crippen molar-refractivity contribution in [2.24, 2.45) is 0 Å². The Hall–Kier alpha value is -2.08. The van der Waals surface area contributed by atoms with Gasteiger partial charge in [-0.2, -0.15) is 0 Å². The van der Waals surface area contributed by atoms with Crippen molar-refractivity contribution in [1.29, 1.82) is 0 Å². The van der Waals surface area contributed by atoms with Crippen molar-refractivity contribution in [1.82, 2.24) is 0 Å². The number of rotatable bonds is 0. The Morgan fingerprint density at radius 3 is 1.37 bits per heavy atom. The van der Waals surface area contributed by atoms with Gasteiger partial charge in [0.1, 0.15) is 0 Å². The van der Waals surface area contributed by atoms with Gasteiger partial charge in [0, 0.05) is 11.8 Å². The predicted octanol–water partition coefficient (Wildman–Crippen LogP) is 8.52. The Morgan fingerprint density at radius 1 is 0.600 bits per heavy atom. The average molecular weight is 397 g/mol. The van der Waals surface area contributed by atoms with Crippen LogP contribution in [0.15, 0.2) is 47.5 Å². The molecular weight excluding hydrogens is 360 g/mol. The molecule has 0 saturated heterocycles. The van der Waals surface area contributed by atoms with E-state index in [1.807, 2.05) is 0 Å². The zero-order valence-electron chi connectivity index (χ0n) is 19.6. The summed E-state index contributed by atoms with van der Waals surface area (Å²) < 4.78 is 0. The van der Waals surface area contributed by atoms with E-state index < -0.39 is 0 Å². The van der Waals surface area contributed by atoms with Crippen LogP contribution >= 0.6 is 0 Å². The lowest BCUT2D eigenvalue weighted by Gasteiger charge is -2.27. The zero-order valence-corrected chi connectivity index (χ0v) is 19.6. The quantitative estimate of drug-likeness (QED) is 0.418. The third-order valence-corrected chi connectivity index (χ3v) is 7.68. The van der Waals surface area contributed by atoms with Crippen LogP contribution in [0.3, 0.4) is 0 Å². The molecule has 0 aromatic heterocycles. The SMILES string of the molecule is CC(C)(C)c1ccc2c(c1)C=C1CCC3=Cc4cc(C(C)(C)C)ccc4C3CCC12. The van der Waals surface area contributed by atoms with E-state index in [4.69, 9.17) is 0 Å². The smallest absolute Gasteiger partial charge is 0.00578 e. The lowest BCUT2D eigenvalue weighted by atomic mass is 9.78. The van der Waals surface area contributed by atoms with Gasteiger partial charge < -0.3 is 0 Å². The molecule has 156 valence electrons. The van der Waals surface area contributed by atoms with E-state index in [1.165, 1.54) is 47.9 Å². The van der Waals surface area contributed by atoms with Crippen molar-refractivity contribution in [3.8, 4) is 0 Å². The van der Waals surface area contributed by atoms with E-state index in [2.05, 4.69) is 90.1 Å². The van der Waals surface area contributed by atoms with Gasteiger partial charge >= 0.3 is 0 Å². The van der Waals surface area contributed by atoms with Gasteiger partial charge in [-0.05, 0) is 69.9 Å². The molecule has 0 bridgehead atoms. The molecule has 5 rings (SSSR count). The Bertz CT molecular complexity index is 975. The third kappa shape index (κ3) is 3.29. The van der Waals surface area contributed by atoms with Crippen molar-refractivity contribution in [3.63, 3.8) is 0 Å². The van der Waals surface area contributed by atoms with E-state index in [9.17, 15) is 0 Å². The van der Waals surface area contributed by atoms with Crippen LogP contribution in [0.5, 0.6) is 0 Å². The fourth-order valence-electron chi connectivity index (χ4n) is 5.76. The van der Waals surface area contributed by atoms with Crippen molar-refractivity contribution in [3.05, 3.63) is 80.9 Å². The second-order valence-electron chi connectivity index (χ2n) is 11.8. The zero-order chi connectivity index (χ0) is 21.3. The summed E-state index contributed by atoms with van der Waals surface area (Å²) in [7, 11) is 0. The Morgan fingerprint density at radius 2 is 1.00 bits per heavy atom. The Kier molecular flexibility index (Phi) is 4.44. The van der Waals surface area contributed by atoms with Gasteiger partial charge in [-0.15, -0.1) is 0 Å². The van der Waals surface area contributed by atoms with Crippen LogP contribution in [0, 0.1) is 0 Å². The molecule has 0 amide bonds. The molecule has 1 saturated carbocycles. The molecule has 30 heavy (non-hydrogen) atoms. The summed E-state index contributed by atoms with van der Waals surface area (Å²) in [5.74, 6) is 1.27. The summed E-state index contributed by atoms with van der Waals surface area (Å²) in [4.78, 5) is 0. The average Bonchev–Trinajstić information content (AvgIpc) is 3.17. The number of hydrogen-bond donors (Lipinski definition) is 0. The second kappa shape index (κ2) is 6.71. The monoisotopic (exact) mass is 396 g/mol. The molecule has 0 spiro atoms. The fraction of sp³-hybridized carbons (Fsp3) is 0.467. The molecule has 1 fully saturated rings. The molecule has 0 nitrogen and oxygen atoms in total. The van der Waals surface area contributed by atoms with Gasteiger partial charge in [0.15, 0.2) is 0 Å². The summed E-state index contributed by atoms with van der Waals surface area (Å²) in [6.45, 7) is 13.9. The number of allylic oxidation sites excluding steroid dienone is 2. The van der Waals surface area contributed by atoms with Crippen LogP contribution in [0.4, 0.5) is 0 Å². The van der Waals surface area contributed by atoms with Gasteiger partial charge in [-0.3, -0.25) is 0 Å². The minimum absolute atomic E-state index is 0.215. The lowest BCUT2D eigenvalue weighted by molar-refractivity contribution is 0.559. The predicted molar refractivity (Wildman–Crippen MR) is 130 cm³/mol. The summed E-state index contributed by atoms with van der Waals surface area (Å²) >= 11 is 0. The second-order valence-corrected chi connectivity index (χ2v) is 11.8. The highest BCUT2D eigenvalue weighted by Crippen LogP contribution is 2.51. The first-order valence-electron chi connectivity index (χ1n) is 11.8. The van der Waals surface area contributed by atoms with E-state index in [1.54, 1.807) is 22.3 Å². The molecule has 2 aromatic carbocycles. The Balaban J connectivity index is 1.45. The van der Waals surface area contributed by atoms with Crippen molar-refractivity contribution >= 4 is 12.2 Å². The lowest BCUT2D eigenvalue weighted by Crippen LogP contribution is -2.12. The van der Waals surface area contributed by atoms with Gasteiger partial charge in [0.05, 0.1) is 0 Å². The largest absolute Gasteiger partial charge is 0.0618 e. The first-order chi connectivity index (χ1) is 14.1. The highest BCUT2D eigenvalue weighted by Gasteiger charge is 2.33. The maximum absolute atomic E-state index is 2.52. The molecule has 0 radical (unpaired) electrons. The molecule has 0 aliphatic heterocycles. The van der Waals surface area contributed by atoms with Crippen LogP contribution in [0.2, 0.25) is 0 Å². The van der Waals surface area contributed by atoms with Crippen molar-refractivity contribution < 1.29 is 0 Å². The molecule has 3 aliphatic rings. The van der Waals surface area contributed by atoms with Crippen LogP contribution in [-0.4, -0.2) is 0 Å². The van der Waals surface area contributed by atoms with Crippen LogP contribution in [-0.2, 0) is 10.8 Å². The topological polar surface area (TPSA) is 0 Å². The summed E-state index contributed by atoms with van der Waals surface area (Å²) in [6, 6.07) is 14.5. The standard InChI is InChI=1S/C30H36/c1-29(2,3)23-9-11-27-21(17-23)15-19-7-8-20-16-22-18-24(30(4,5)6)10-12-28(22)26(20)14-13-25(19)27/h9-12,15-18,25-26H,7-8,13-14H2,1-6H3. The minimum Gasteiger partial charge on any atom is -0.0618 e. The van der Waals surface area contributed by atoms with Gasteiger partial charge in [0.2, 0.25) is 0 Å². The normalized spacial score (nSPS) is 22.9. The molecule has 0 heteroatoms. The van der Waals surface area contributed by atoms with E-state index in [0.29, 0.717) is 11.8 Å². The van der Waals surface area contributed by atoms with E-state index in [0.717, 1.165) is 0 Å². The van der Waals surface area contributed by atoms with Gasteiger partial charge in [0.25, 0.3) is 0 Å². The number of hydrogen-bond acceptors (Lipinski definition) is 0. The minimum atomic E-state index is 0.215. The van der Waals surface area contributed by atoms with Crippen LogP contribution in [0.1, 0.15) is 112 Å². The summed E-state index contributed by atoms with van der Waals surface area (Å²) in [6.07, 6.45) is 10.0. The summed E-state index contributed by atoms with van der Waals surface area (Å²) in [5.41, 5.74) is 12.8. The molecule has 3 aliphatic carbocycles. The first kappa shape index (κ1) is 19.9. The van der Waals surface area contributed by atoms with Crippen LogP contribution in [0.25, 0.3) is 12.2 Å². The van der Waals surface area contributed by atoms with Gasteiger partial charge in [-0.25, -0.2) is 0 Å². The van der Waals surface area contributed by atoms with Crippen molar-refractivity contribution in [2.75, 3.05) is 0 Å². The Labute approximate surface area is 183 Å². The molecule has 0 N–H and O–H groups in total. The molecule has 2 atom stereocenters. The number of fused-ring (bicyclic) bond motifs is 6. The maximum atomic E-state index is 2.52. The third-order valence-electron chi connectivity index (χ3n) is 7.68. The van der Waals surface area contributed by atoms with Gasteiger partial charge in [-0.1, -0.05) is 101 Å². The van der Waals surface area contributed by atoms with E-state index >= 15 is 0 Å². The fourth-order valence-corrected chi connectivity index (χ4v) is 5.76. The summed E-state index contributed by atoms with van der Waals surface area (Å²) in [5, 5.41) is 0. The molecule has 0 heterocycles.